The molecule has 0 bridgehead atoms. The van der Waals surface area contributed by atoms with Crippen molar-refractivity contribution in [1.29, 1.82) is 0 Å². The van der Waals surface area contributed by atoms with Crippen molar-refractivity contribution in [3.8, 4) is 11.5 Å². The molecule has 3 nitrogen and oxygen atoms in total. The second-order valence-corrected chi connectivity index (χ2v) is 4.66. The van der Waals surface area contributed by atoms with Crippen LogP contribution in [0.2, 0.25) is 0 Å². The Labute approximate surface area is 107 Å². The van der Waals surface area contributed by atoms with Crippen LogP contribution in [0.5, 0.6) is 11.5 Å². The zero-order chi connectivity index (χ0) is 13.0. The largest absolute Gasteiger partial charge is 0.493 e. The van der Waals surface area contributed by atoms with Crippen LogP contribution in [0.1, 0.15) is 24.8 Å². The number of benzene rings is 1. The van der Waals surface area contributed by atoms with Crippen LogP contribution >= 0.6 is 0 Å². The van der Waals surface area contributed by atoms with Crippen LogP contribution in [0.15, 0.2) is 12.1 Å². The molecule has 1 aromatic carbocycles. The maximum absolute atomic E-state index is 13.8. The van der Waals surface area contributed by atoms with Crippen LogP contribution in [-0.4, -0.2) is 26.8 Å². The molecule has 1 aliphatic rings. The molecule has 1 atom stereocenters. The normalized spacial score (nSPS) is 19.6. The summed E-state index contributed by atoms with van der Waals surface area (Å²) in [6.45, 7) is 1.06. The third-order valence-corrected chi connectivity index (χ3v) is 3.39. The second kappa shape index (κ2) is 6.05. The number of methoxy groups -OCH3 is 2. The highest BCUT2D eigenvalue weighted by atomic mass is 19.1. The fourth-order valence-electron chi connectivity index (χ4n) is 2.47. The van der Waals surface area contributed by atoms with E-state index in [0.717, 1.165) is 24.9 Å². The molecule has 1 fully saturated rings. The fraction of sp³-hybridized carbons (Fsp3) is 0.571. The number of ether oxygens (including phenoxy) is 2. The van der Waals surface area contributed by atoms with Gasteiger partial charge in [0.1, 0.15) is 0 Å². The Morgan fingerprint density at radius 1 is 1.28 bits per heavy atom. The van der Waals surface area contributed by atoms with Gasteiger partial charge in [0.15, 0.2) is 17.3 Å². The Hall–Kier alpha value is -1.29. The van der Waals surface area contributed by atoms with Gasteiger partial charge in [-0.15, -0.1) is 0 Å². The summed E-state index contributed by atoms with van der Waals surface area (Å²) in [6.07, 6.45) is 4.46. The van der Waals surface area contributed by atoms with Gasteiger partial charge in [0, 0.05) is 6.04 Å². The average Bonchev–Trinajstić information content (AvgIpc) is 2.39. The first kappa shape index (κ1) is 13.1. The van der Waals surface area contributed by atoms with Crippen molar-refractivity contribution in [3.63, 3.8) is 0 Å². The lowest BCUT2D eigenvalue weighted by Gasteiger charge is -2.23. The van der Waals surface area contributed by atoms with Crippen molar-refractivity contribution in [3.05, 3.63) is 23.5 Å². The Morgan fingerprint density at radius 3 is 2.72 bits per heavy atom. The lowest BCUT2D eigenvalue weighted by atomic mass is 9.97. The van der Waals surface area contributed by atoms with Gasteiger partial charge in [-0.1, -0.05) is 6.42 Å². The van der Waals surface area contributed by atoms with Crippen molar-refractivity contribution in [2.24, 2.45) is 0 Å². The molecule has 0 spiro atoms. The maximum atomic E-state index is 13.8. The molecule has 0 radical (unpaired) electrons. The first-order valence-electron chi connectivity index (χ1n) is 6.38. The molecule has 0 aliphatic carbocycles. The first-order chi connectivity index (χ1) is 8.74. The van der Waals surface area contributed by atoms with Gasteiger partial charge in [0.2, 0.25) is 0 Å². The topological polar surface area (TPSA) is 30.5 Å². The van der Waals surface area contributed by atoms with Gasteiger partial charge in [-0.3, -0.25) is 0 Å². The van der Waals surface area contributed by atoms with Gasteiger partial charge >= 0.3 is 0 Å². The molecule has 0 amide bonds. The van der Waals surface area contributed by atoms with Gasteiger partial charge in [0.25, 0.3) is 0 Å². The van der Waals surface area contributed by atoms with E-state index in [1.54, 1.807) is 0 Å². The fourth-order valence-corrected chi connectivity index (χ4v) is 2.47. The SMILES string of the molecule is COc1cc(CC2CCCCN2)cc(F)c1OC. The van der Waals surface area contributed by atoms with Crippen molar-refractivity contribution < 1.29 is 13.9 Å². The molecule has 1 aromatic rings. The van der Waals surface area contributed by atoms with E-state index in [2.05, 4.69) is 5.32 Å². The average molecular weight is 253 g/mol. The van der Waals surface area contributed by atoms with E-state index in [4.69, 9.17) is 9.47 Å². The molecule has 0 saturated carbocycles. The lowest BCUT2D eigenvalue weighted by molar-refractivity contribution is 0.336. The molecule has 1 heterocycles. The molecule has 1 unspecified atom stereocenters. The number of rotatable bonds is 4. The number of piperidine rings is 1. The molecule has 100 valence electrons. The van der Waals surface area contributed by atoms with Crippen molar-refractivity contribution in [1.82, 2.24) is 5.32 Å². The van der Waals surface area contributed by atoms with Crippen LogP contribution in [0, 0.1) is 5.82 Å². The Morgan fingerprint density at radius 2 is 2.11 bits per heavy atom. The van der Waals surface area contributed by atoms with Crippen LogP contribution in [0.3, 0.4) is 0 Å². The third kappa shape index (κ3) is 2.93. The minimum Gasteiger partial charge on any atom is -0.493 e. The van der Waals surface area contributed by atoms with Gasteiger partial charge in [-0.25, -0.2) is 4.39 Å². The number of hydrogen-bond acceptors (Lipinski definition) is 3. The van der Waals surface area contributed by atoms with E-state index < -0.39 is 0 Å². The summed E-state index contributed by atoms with van der Waals surface area (Å²) in [7, 11) is 2.98. The summed E-state index contributed by atoms with van der Waals surface area (Å²) in [5.74, 6) is 0.281. The van der Waals surface area contributed by atoms with Crippen LogP contribution in [-0.2, 0) is 6.42 Å². The Kier molecular flexibility index (Phi) is 4.42. The molecule has 1 N–H and O–H groups in total. The summed E-state index contributed by atoms with van der Waals surface area (Å²) < 4.78 is 24.0. The van der Waals surface area contributed by atoms with Crippen LogP contribution in [0.4, 0.5) is 4.39 Å². The predicted molar refractivity (Wildman–Crippen MR) is 68.8 cm³/mol. The van der Waals surface area contributed by atoms with Gasteiger partial charge in [-0.2, -0.15) is 0 Å². The number of halogens is 1. The molecule has 4 heteroatoms. The highest BCUT2D eigenvalue weighted by Gasteiger charge is 2.17. The third-order valence-electron chi connectivity index (χ3n) is 3.39. The molecular weight excluding hydrogens is 233 g/mol. The molecule has 1 aliphatic heterocycles. The van der Waals surface area contributed by atoms with E-state index >= 15 is 0 Å². The van der Waals surface area contributed by atoms with E-state index in [9.17, 15) is 4.39 Å². The highest BCUT2D eigenvalue weighted by Crippen LogP contribution is 2.32. The Bertz CT molecular complexity index is 403. The Balaban J connectivity index is 2.15. The van der Waals surface area contributed by atoms with Crippen LogP contribution < -0.4 is 14.8 Å². The minimum absolute atomic E-state index is 0.179. The smallest absolute Gasteiger partial charge is 0.196 e. The monoisotopic (exact) mass is 253 g/mol. The van der Waals surface area contributed by atoms with E-state index in [-0.39, 0.29) is 11.6 Å². The summed E-state index contributed by atoms with van der Waals surface area (Å²) in [4.78, 5) is 0. The zero-order valence-electron chi connectivity index (χ0n) is 11.0. The summed E-state index contributed by atoms with van der Waals surface area (Å²) in [6, 6.07) is 3.84. The molecule has 18 heavy (non-hydrogen) atoms. The van der Waals surface area contributed by atoms with Crippen molar-refractivity contribution >= 4 is 0 Å². The first-order valence-corrected chi connectivity index (χ1v) is 6.38. The summed E-state index contributed by atoms with van der Waals surface area (Å²) in [5, 5.41) is 3.46. The van der Waals surface area contributed by atoms with E-state index in [0.29, 0.717) is 11.8 Å². The molecule has 0 aromatic heterocycles. The van der Waals surface area contributed by atoms with E-state index in [1.807, 2.05) is 6.07 Å². The highest BCUT2D eigenvalue weighted by molar-refractivity contribution is 5.44. The van der Waals surface area contributed by atoms with Crippen molar-refractivity contribution in [2.45, 2.75) is 31.7 Å². The van der Waals surface area contributed by atoms with Gasteiger partial charge in [0.05, 0.1) is 14.2 Å². The van der Waals surface area contributed by atoms with Crippen LogP contribution in [0.25, 0.3) is 0 Å². The minimum atomic E-state index is -0.359. The molecule has 1 saturated heterocycles. The second-order valence-electron chi connectivity index (χ2n) is 4.66. The lowest BCUT2D eigenvalue weighted by Crippen LogP contribution is -2.35. The quantitative estimate of drug-likeness (QED) is 0.894. The summed E-state index contributed by atoms with van der Waals surface area (Å²) in [5.41, 5.74) is 0.949. The van der Waals surface area contributed by atoms with Crippen molar-refractivity contribution in [2.75, 3.05) is 20.8 Å². The maximum Gasteiger partial charge on any atom is 0.196 e. The molecular formula is C14H20FNO2. The standard InChI is InChI=1S/C14H20FNO2/c1-17-13-9-10(8-12(15)14(13)18-2)7-11-5-3-4-6-16-11/h8-9,11,16H,3-7H2,1-2H3. The van der Waals surface area contributed by atoms with E-state index in [1.165, 1.54) is 33.1 Å². The zero-order valence-corrected chi connectivity index (χ0v) is 11.0. The number of hydrogen-bond donors (Lipinski definition) is 1. The number of nitrogens with one attached hydrogen (secondary N) is 1. The summed E-state index contributed by atoms with van der Waals surface area (Å²) >= 11 is 0. The van der Waals surface area contributed by atoms with Gasteiger partial charge < -0.3 is 14.8 Å². The molecule has 2 rings (SSSR count). The predicted octanol–water partition coefficient (Wildman–Crippen LogP) is 2.53. The van der Waals surface area contributed by atoms with Gasteiger partial charge in [-0.05, 0) is 43.5 Å².